The number of nitrogens with zero attached hydrogens (tertiary/aromatic N) is 1. The molecule has 1 fully saturated rings. The Labute approximate surface area is 152 Å². The van der Waals surface area contributed by atoms with E-state index < -0.39 is 16.1 Å². The summed E-state index contributed by atoms with van der Waals surface area (Å²) in [6.45, 7) is 2.49. The summed E-state index contributed by atoms with van der Waals surface area (Å²) in [5.41, 5.74) is 2.37. The fourth-order valence-electron chi connectivity index (χ4n) is 2.89. The van der Waals surface area contributed by atoms with Crippen LogP contribution in [0.25, 0.3) is 0 Å². The SMILES string of the molecule is Cc1ccc(CS(=O)(=O)N2CCNC(=O)C2c2ccc(Cl)cc2)cc1. The van der Waals surface area contributed by atoms with Gasteiger partial charge in [-0.05, 0) is 30.2 Å². The van der Waals surface area contributed by atoms with E-state index in [0.29, 0.717) is 22.7 Å². The molecule has 1 amide bonds. The van der Waals surface area contributed by atoms with Crippen LogP contribution >= 0.6 is 11.6 Å². The lowest BCUT2D eigenvalue weighted by molar-refractivity contribution is -0.126. The average Bonchev–Trinajstić information content (AvgIpc) is 2.57. The average molecular weight is 379 g/mol. The van der Waals surface area contributed by atoms with Gasteiger partial charge in [-0.25, -0.2) is 8.42 Å². The normalized spacial score (nSPS) is 18.8. The Bertz CT molecular complexity index is 864. The van der Waals surface area contributed by atoms with Gasteiger partial charge in [-0.2, -0.15) is 4.31 Å². The van der Waals surface area contributed by atoms with Gasteiger partial charge in [-0.15, -0.1) is 0 Å². The van der Waals surface area contributed by atoms with Crippen LogP contribution in [-0.2, 0) is 20.6 Å². The molecule has 0 radical (unpaired) electrons. The quantitative estimate of drug-likeness (QED) is 0.889. The lowest BCUT2D eigenvalue weighted by Gasteiger charge is -2.34. The Balaban J connectivity index is 1.92. The van der Waals surface area contributed by atoms with E-state index >= 15 is 0 Å². The number of carbonyl (C=O) groups excluding carboxylic acids is 1. The van der Waals surface area contributed by atoms with E-state index in [1.807, 2.05) is 19.1 Å². The summed E-state index contributed by atoms with van der Waals surface area (Å²) < 4.78 is 27.2. The highest BCUT2D eigenvalue weighted by Gasteiger charge is 2.38. The van der Waals surface area contributed by atoms with Crippen LogP contribution < -0.4 is 5.32 Å². The van der Waals surface area contributed by atoms with E-state index in [9.17, 15) is 13.2 Å². The van der Waals surface area contributed by atoms with Gasteiger partial charge >= 0.3 is 0 Å². The van der Waals surface area contributed by atoms with Crippen molar-refractivity contribution in [1.29, 1.82) is 0 Å². The molecule has 1 heterocycles. The number of hydrogen-bond acceptors (Lipinski definition) is 3. The molecule has 3 rings (SSSR count). The molecular weight excluding hydrogens is 360 g/mol. The first-order valence-electron chi connectivity index (χ1n) is 7.95. The van der Waals surface area contributed by atoms with Crippen LogP contribution in [0.5, 0.6) is 0 Å². The number of rotatable bonds is 4. The van der Waals surface area contributed by atoms with Gasteiger partial charge in [-0.1, -0.05) is 53.6 Å². The van der Waals surface area contributed by atoms with Crippen LogP contribution in [-0.4, -0.2) is 31.7 Å². The maximum Gasteiger partial charge on any atom is 0.243 e. The molecule has 1 unspecified atom stereocenters. The molecule has 1 aliphatic rings. The monoisotopic (exact) mass is 378 g/mol. The first-order chi connectivity index (χ1) is 11.9. The molecule has 1 N–H and O–H groups in total. The first-order valence-corrected chi connectivity index (χ1v) is 9.94. The Morgan fingerprint density at radius 2 is 1.76 bits per heavy atom. The molecule has 0 spiro atoms. The Morgan fingerprint density at radius 1 is 1.12 bits per heavy atom. The lowest BCUT2D eigenvalue weighted by Crippen LogP contribution is -2.52. The highest BCUT2D eigenvalue weighted by atomic mass is 35.5. The third kappa shape index (κ3) is 4.03. The summed E-state index contributed by atoms with van der Waals surface area (Å²) in [6.07, 6.45) is 0. The lowest BCUT2D eigenvalue weighted by atomic mass is 10.1. The minimum absolute atomic E-state index is 0.134. The van der Waals surface area contributed by atoms with E-state index in [-0.39, 0.29) is 18.2 Å². The number of amides is 1. The molecule has 132 valence electrons. The number of sulfonamides is 1. The Morgan fingerprint density at radius 3 is 2.40 bits per heavy atom. The van der Waals surface area contributed by atoms with Crippen LogP contribution in [0.3, 0.4) is 0 Å². The number of halogens is 1. The summed E-state index contributed by atoms with van der Waals surface area (Å²) >= 11 is 5.90. The van der Waals surface area contributed by atoms with Gasteiger partial charge in [-0.3, -0.25) is 4.79 Å². The maximum atomic E-state index is 13.0. The molecule has 0 saturated carbocycles. The zero-order chi connectivity index (χ0) is 18.0. The number of benzene rings is 2. The van der Waals surface area contributed by atoms with Crippen LogP contribution in [0.2, 0.25) is 5.02 Å². The summed E-state index contributed by atoms with van der Waals surface area (Å²) in [4.78, 5) is 12.4. The summed E-state index contributed by atoms with van der Waals surface area (Å²) in [6, 6.07) is 13.2. The molecule has 2 aromatic carbocycles. The third-order valence-electron chi connectivity index (χ3n) is 4.18. The minimum Gasteiger partial charge on any atom is -0.353 e. The number of carbonyl (C=O) groups is 1. The van der Waals surface area contributed by atoms with E-state index in [1.165, 1.54) is 4.31 Å². The molecule has 5 nitrogen and oxygen atoms in total. The van der Waals surface area contributed by atoms with Crippen molar-refractivity contribution in [1.82, 2.24) is 9.62 Å². The van der Waals surface area contributed by atoms with Gasteiger partial charge in [0.2, 0.25) is 15.9 Å². The number of piperazine rings is 1. The fourth-order valence-corrected chi connectivity index (χ4v) is 4.70. The van der Waals surface area contributed by atoms with Crippen molar-refractivity contribution < 1.29 is 13.2 Å². The van der Waals surface area contributed by atoms with Gasteiger partial charge in [0.1, 0.15) is 6.04 Å². The van der Waals surface area contributed by atoms with E-state index in [2.05, 4.69) is 5.32 Å². The number of nitrogens with one attached hydrogen (secondary N) is 1. The van der Waals surface area contributed by atoms with Crippen LogP contribution in [0.1, 0.15) is 22.7 Å². The minimum atomic E-state index is -3.65. The second-order valence-corrected chi connectivity index (χ2v) is 8.46. The van der Waals surface area contributed by atoms with Crippen molar-refractivity contribution in [3.63, 3.8) is 0 Å². The maximum absolute atomic E-state index is 13.0. The number of aryl methyl sites for hydroxylation is 1. The zero-order valence-corrected chi connectivity index (χ0v) is 15.3. The second-order valence-electron chi connectivity index (χ2n) is 6.10. The van der Waals surface area contributed by atoms with Crippen LogP contribution in [0.15, 0.2) is 48.5 Å². The Hall–Kier alpha value is -1.89. The van der Waals surface area contributed by atoms with Crippen LogP contribution in [0.4, 0.5) is 0 Å². The molecule has 0 aliphatic carbocycles. The van der Waals surface area contributed by atoms with Gasteiger partial charge < -0.3 is 5.32 Å². The molecule has 1 aliphatic heterocycles. The highest BCUT2D eigenvalue weighted by Crippen LogP contribution is 2.28. The van der Waals surface area contributed by atoms with Crippen molar-refractivity contribution >= 4 is 27.5 Å². The summed E-state index contributed by atoms with van der Waals surface area (Å²) in [5, 5.41) is 3.28. The standard InChI is InChI=1S/C18H19ClN2O3S/c1-13-2-4-14(5-3-13)12-25(23,24)21-11-10-20-18(22)17(21)15-6-8-16(19)9-7-15/h2-9,17H,10-12H2,1H3,(H,20,22). The summed E-state index contributed by atoms with van der Waals surface area (Å²) in [5.74, 6) is -0.453. The molecule has 7 heteroatoms. The smallest absolute Gasteiger partial charge is 0.243 e. The van der Waals surface area contributed by atoms with Crippen molar-refractivity contribution in [3.8, 4) is 0 Å². The zero-order valence-electron chi connectivity index (χ0n) is 13.8. The topological polar surface area (TPSA) is 66.5 Å². The van der Waals surface area contributed by atoms with Crippen molar-refractivity contribution in [2.75, 3.05) is 13.1 Å². The van der Waals surface area contributed by atoms with Crippen molar-refractivity contribution in [2.45, 2.75) is 18.7 Å². The predicted molar refractivity (Wildman–Crippen MR) is 97.7 cm³/mol. The number of hydrogen-bond donors (Lipinski definition) is 1. The Kier molecular flexibility index (Phi) is 5.13. The van der Waals surface area contributed by atoms with Gasteiger partial charge in [0.05, 0.1) is 5.75 Å². The van der Waals surface area contributed by atoms with E-state index in [4.69, 9.17) is 11.6 Å². The van der Waals surface area contributed by atoms with Gasteiger partial charge in [0, 0.05) is 18.1 Å². The largest absolute Gasteiger partial charge is 0.353 e. The molecule has 1 saturated heterocycles. The molecule has 25 heavy (non-hydrogen) atoms. The molecular formula is C18H19ClN2O3S. The van der Waals surface area contributed by atoms with Crippen molar-refractivity contribution in [2.24, 2.45) is 0 Å². The van der Waals surface area contributed by atoms with Gasteiger partial charge in [0.25, 0.3) is 0 Å². The predicted octanol–water partition coefficient (Wildman–Crippen LogP) is 2.65. The molecule has 1 atom stereocenters. The van der Waals surface area contributed by atoms with E-state index in [0.717, 1.165) is 5.56 Å². The van der Waals surface area contributed by atoms with Gasteiger partial charge in [0.15, 0.2) is 0 Å². The fraction of sp³-hybridized carbons (Fsp3) is 0.278. The van der Waals surface area contributed by atoms with E-state index in [1.54, 1.807) is 36.4 Å². The first kappa shape index (κ1) is 17.9. The highest BCUT2D eigenvalue weighted by molar-refractivity contribution is 7.88. The second kappa shape index (κ2) is 7.15. The molecule has 0 aromatic heterocycles. The summed E-state index contributed by atoms with van der Waals surface area (Å²) in [7, 11) is -3.65. The molecule has 2 aromatic rings. The van der Waals surface area contributed by atoms with Crippen molar-refractivity contribution in [3.05, 3.63) is 70.2 Å². The molecule has 0 bridgehead atoms. The van der Waals surface area contributed by atoms with Crippen LogP contribution in [0, 0.1) is 6.92 Å². The third-order valence-corrected chi connectivity index (χ3v) is 6.24.